The van der Waals surface area contributed by atoms with E-state index in [-0.39, 0.29) is 0 Å². The Morgan fingerprint density at radius 2 is 2.09 bits per heavy atom. The fourth-order valence-electron chi connectivity index (χ4n) is 3.48. The van der Waals surface area contributed by atoms with Crippen LogP contribution in [0.15, 0.2) is 12.4 Å². The first kappa shape index (κ1) is 15.6. The summed E-state index contributed by atoms with van der Waals surface area (Å²) in [6, 6.07) is 1.25. The number of hydrogen-bond acceptors (Lipinski definition) is 6. The van der Waals surface area contributed by atoms with Gasteiger partial charge in [0.1, 0.15) is 0 Å². The zero-order valence-corrected chi connectivity index (χ0v) is 13.6. The lowest BCUT2D eigenvalue weighted by Gasteiger charge is -2.43. The summed E-state index contributed by atoms with van der Waals surface area (Å²) in [7, 11) is 1.63. The highest BCUT2D eigenvalue weighted by molar-refractivity contribution is 5.08. The normalized spacial score (nSPS) is 25.3. The highest BCUT2D eigenvalue weighted by Crippen LogP contribution is 2.21. The molecule has 6 heteroatoms. The molecule has 1 unspecified atom stereocenters. The first-order chi connectivity index (χ1) is 10.8. The molecule has 0 aliphatic carbocycles. The highest BCUT2D eigenvalue weighted by Gasteiger charge is 2.29. The van der Waals surface area contributed by atoms with Gasteiger partial charge in [-0.2, -0.15) is 0 Å². The van der Waals surface area contributed by atoms with Gasteiger partial charge in [-0.3, -0.25) is 14.8 Å². The molecule has 0 bridgehead atoms. The number of hydrogen-bond donors (Lipinski definition) is 0. The van der Waals surface area contributed by atoms with E-state index in [4.69, 9.17) is 9.47 Å². The maximum atomic E-state index is 5.55. The predicted molar refractivity (Wildman–Crippen MR) is 83.9 cm³/mol. The van der Waals surface area contributed by atoms with Crippen LogP contribution in [0.2, 0.25) is 0 Å². The summed E-state index contributed by atoms with van der Waals surface area (Å²) in [5.74, 6) is 0.592. The van der Waals surface area contributed by atoms with Crippen LogP contribution in [0.5, 0.6) is 5.88 Å². The van der Waals surface area contributed by atoms with Crippen molar-refractivity contribution in [2.24, 2.45) is 0 Å². The van der Waals surface area contributed by atoms with Crippen LogP contribution in [0.1, 0.15) is 25.5 Å². The molecule has 3 heterocycles. The summed E-state index contributed by atoms with van der Waals surface area (Å²) in [5, 5.41) is 0. The Morgan fingerprint density at radius 3 is 2.82 bits per heavy atom. The Balaban J connectivity index is 1.51. The lowest BCUT2D eigenvalue weighted by atomic mass is 10.0. The van der Waals surface area contributed by atoms with Crippen molar-refractivity contribution in [2.45, 2.75) is 38.4 Å². The highest BCUT2D eigenvalue weighted by atomic mass is 16.5. The monoisotopic (exact) mass is 306 g/mol. The molecule has 0 spiro atoms. The smallest absolute Gasteiger partial charge is 0.232 e. The molecular weight excluding hydrogens is 280 g/mol. The molecule has 122 valence electrons. The van der Waals surface area contributed by atoms with Gasteiger partial charge < -0.3 is 9.47 Å². The van der Waals surface area contributed by atoms with Crippen molar-refractivity contribution < 1.29 is 9.47 Å². The molecular formula is C16H26N4O2. The molecule has 6 nitrogen and oxygen atoms in total. The number of piperidine rings is 1. The van der Waals surface area contributed by atoms with Crippen LogP contribution in [0.25, 0.3) is 0 Å². The Kier molecular flexibility index (Phi) is 5.23. The topological polar surface area (TPSA) is 50.7 Å². The van der Waals surface area contributed by atoms with Gasteiger partial charge in [0.15, 0.2) is 0 Å². The predicted octanol–water partition coefficient (Wildman–Crippen LogP) is 1.17. The molecule has 1 aromatic rings. The molecule has 0 radical (unpaired) electrons. The van der Waals surface area contributed by atoms with Gasteiger partial charge in [0.05, 0.1) is 32.2 Å². The number of nitrogens with zero attached hydrogens (tertiary/aromatic N) is 4. The molecule has 0 aromatic carbocycles. The van der Waals surface area contributed by atoms with Crippen molar-refractivity contribution in [3.8, 4) is 5.88 Å². The van der Waals surface area contributed by atoms with Gasteiger partial charge in [0.2, 0.25) is 5.88 Å². The van der Waals surface area contributed by atoms with Crippen molar-refractivity contribution in [3.05, 3.63) is 18.1 Å². The summed E-state index contributed by atoms with van der Waals surface area (Å²) in [6.45, 7) is 8.20. The first-order valence-electron chi connectivity index (χ1n) is 8.17. The summed E-state index contributed by atoms with van der Waals surface area (Å²) in [6.07, 6.45) is 5.93. The van der Waals surface area contributed by atoms with E-state index in [1.807, 2.05) is 6.20 Å². The van der Waals surface area contributed by atoms with Gasteiger partial charge in [-0.25, -0.2) is 4.98 Å². The van der Waals surface area contributed by atoms with Gasteiger partial charge in [-0.05, 0) is 19.8 Å². The van der Waals surface area contributed by atoms with Gasteiger partial charge in [-0.15, -0.1) is 0 Å². The lowest BCUT2D eigenvalue weighted by molar-refractivity contribution is -0.0354. The van der Waals surface area contributed by atoms with Gasteiger partial charge in [0.25, 0.3) is 0 Å². The van der Waals surface area contributed by atoms with Crippen LogP contribution in [-0.2, 0) is 11.3 Å². The lowest BCUT2D eigenvalue weighted by Crippen LogP contribution is -2.52. The Labute approximate surface area is 132 Å². The van der Waals surface area contributed by atoms with E-state index in [9.17, 15) is 0 Å². The quantitative estimate of drug-likeness (QED) is 0.832. The first-order valence-corrected chi connectivity index (χ1v) is 8.17. The standard InChI is InChI=1S/C16H26N4O2/c1-13-12-22-8-7-20(13)15-3-5-19(6-4-15)11-14-9-17-10-16(18-14)21-2/h9-10,13,15H,3-8,11-12H2,1-2H3. The maximum absolute atomic E-state index is 5.55. The van der Waals surface area contributed by atoms with E-state index in [0.29, 0.717) is 18.0 Å². The zero-order chi connectivity index (χ0) is 15.4. The van der Waals surface area contributed by atoms with E-state index in [2.05, 4.69) is 26.7 Å². The van der Waals surface area contributed by atoms with Crippen LogP contribution < -0.4 is 4.74 Å². The maximum Gasteiger partial charge on any atom is 0.232 e. The molecule has 2 saturated heterocycles. The second-order valence-electron chi connectivity index (χ2n) is 6.22. The molecule has 0 amide bonds. The second-order valence-corrected chi connectivity index (χ2v) is 6.22. The minimum atomic E-state index is 0.551. The third-order valence-electron chi connectivity index (χ3n) is 4.70. The number of aromatic nitrogens is 2. The van der Waals surface area contributed by atoms with Crippen LogP contribution in [-0.4, -0.2) is 71.8 Å². The van der Waals surface area contributed by atoms with Crippen molar-refractivity contribution in [3.63, 3.8) is 0 Å². The largest absolute Gasteiger partial charge is 0.480 e. The van der Waals surface area contributed by atoms with Crippen LogP contribution in [0.3, 0.4) is 0 Å². The second kappa shape index (κ2) is 7.35. The third-order valence-corrected chi connectivity index (χ3v) is 4.70. The summed E-state index contributed by atoms with van der Waals surface area (Å²) < 4.78 is 10.7. The Morgan fingerprint density at radius 1 is 1.27 bits per heavy atom. The van der Waals surface area contributed by atoms with Crippen LogP contribution in [0, 0.1) is 0 Å². The van der Waals surface area contributed by atoms with Gasteiger partial charge in [-0.1, -0.05) is 0 Å². The zero-order valence-electron chi connectivity index (χ0n) is 13.6. The van der Waals surface area contributed by atoms with Crippen LogP contribution >= 0.6 is 0 Å². The molecule has 1 atom stereocenters. The molecule has 0 saturated carbocycles. The number of morpholine rings is 1. The number of likely N-dealkylation sites (tertiary alicyclic amines) is 1. The van der Waals surface area contributed by atoms with E-state index < -0.39 is 0 Å². The van der Waals surface area contributed by atoms with Gasteiger partial charge >= 0.3 is 0 Å². The number of ether oxygens (including phenoxy) is 2. The fourth-order valence-corrected chi connectivity index (χ4v) is 3.48. The van der Waals surface area contributed by atoms with Crippen molar-refractivity contribution in [2.75, 3.05) is 40.0 Å². The molecule has 0 N–H and O–H groups in total. The third kappa shape index (κ3) is 3.74. The Bertz CT molecular complexity index is 477. The fraction of sp³-hybridized carbons (Fsp3) is 0.750. The van der Waals surface area contributed by atoms with E-state index in [0.717, 1.165) is 45.1 Å². The Hall–Kier alpha value is -1.24. The number of rotatable bonds is 4. The molecule has 1 aromatic heterocycles. The SMILES string of the molecule is COc1cncc(CN2CCC(N3CCOCC3C)CC2)n1. The average molecular weight is 306 g/mol. The molecule has 2 aliphatic rings. The molecule has 22 heavy (non-hydrogen) atoms. The van der Waals surface area contributed by atoms with Crippen molar-refractivity contribution in [1.29, 1.82) is 0 Å². The van der Waals surface area contributed by atoms with Gasteiger partial charge in [0, 0.05) is 44.5 Å². The van der Waals surface area contributed by atoms with Crippen molar-refractivity contribution in [1.82, 2.24) is 19.8 Å². The van der Waals surface area contributed by atoms with E-state index in [1.54, 1.807) is 13.3 Å². The average Bonchev–Trinajstić information content (AvgIpc) is 2.56. The minimum Gasteiger partial charge on any atom is -0.480 e. The van der Waals surface area contributed by atoms with E-state index in [1.165, 1.54) is 12.8 Å². The molecule has 3 rings (SSSR count). The molecule has 2 fully saturated rings. The number of methoxy groups -OCH3 is 1. The minimum absolute atomic E-state index is 0.551. The summed E-state index contributed by atoms with van der Waals surface area (Å²) in [4.78, 5) is 13.7. The summed E-state index contributed by atoms with van der Waals surface area (Å²) >= 11 is 0. The van der Waals surface area contributed by atoms with E-state index >= 15 is 0 Å². The van der Waals surface area contributed by atoms with Crippen LogP contribution in [0.4, 0.5) is 0 Å². The van der Waals surface area contributed by atoms with Crippen molar-refractivity contribution >= 4 is 0 Å². The summed E-state index contributed by atoms with van der Waals surface area (Å²) in [5.41, 5.74) is 0.984. The molecule has 2 aliphatic heterocycles.